The summed E-state index contributed by atoms with van der Waals surface area (Å²) < 4.78 is 41.1. The number of ether oxygens (including phenoxy) is 2. The number of nitrogen functional groups attached to an aromatic ring is 1. The number of rotatable bonds is 5. The fourth-order valence-corrected chi connectivity index (χ4v) is 5.68. The first-order valence-electron chi connectivity index (χ1n) is 9.82. The molecule has 11 heteroatoms. The number of aromatic nitrogens is 3. The van der Waals surface area contributed by atoms with Crippen LogP contribution in [-0.4, -0.2) is 31.1 Å². The molecular weight excluding hydrogens is 441 g/mol. The van der Waals surface area contributed by atoms with Crippen LogP contribution in [-0.2, 0) is 17.9 Å². The number of fused-ring (bicyclic) bond motifs is 1. The number of anilines is 1. The average molecular weight is 460 g/mol. The smallest absolute Gasteiger partial charge is 0.275 e. The van der Waals surface area contributed by atoms with E-state index in [4.69, 9.17) is 25.3 Å². The van der Waals surface area contributed by atoms with Gasteiger partial charge in [-0.1, -0.05) is 11.3 Å². The standard InChI is InChI=1S/C20H18FN5O3S2/c21-12-5-10(6-15-16(12)25-20(22)30-15)18-24-13-7-11(29-19(31(23)27)9-1-2-9)8-14-17(13)26(18)3-4-28-14/h5-9,19H,1-4,23H2,(H2,22,25). The first-order valence-corrected chi connectivity index (χ1v) is 11.9. The minimum atomic E-state index is -1.59. The Morgan fingerprint density at radius 3 is 2.90 bits per heavy atom. The van der Waals surface area contributed by atoms with Crippen molar-refractivity contribution in [2.75, 3.05) is 12.3 Å². The lowest BCUT2D eigenvalue weighted by Crippen LogP contribution is -2.35. The van der Waals surface area contributed by atoms with E-state index in [1.807, 2.05) is 10.6 Å². The molecule has 160 valence electrons. The lowest BCUT2D eigenvalue weighted by molar-refractivity contribution is 0.247. The zero-order valence-electron chi connectivity index (χ0n) is 16.2. The van der Waals surface area contributed by atoms with Crippen molar-refractivity contribution >= 4 is 49.1 Å². The van der Waals surface area contributed by atoms with Gasteiger partial charge in [0.05, 0.1) is 28.1 Å². The first-order chi connectivity index (χ1) is 15.0. The molecule has 1 fully saturated rings. The maximum atomic E-state index is 14.7. The molecule has 4 N–H and O–H groups in total. The van der Waals surface area contributed by atoms with Crippen LogP contribution in [0.15, 0.2) is 24.3 Å². The molecule has 0 bridgehead atoms. The molecule has 2 atom stereocenters. The SMILES string of the molecule is Nc1nc2c(F)cc(-c3nc4cc(OC(C5CC5)[S+](N)[O-])cc5c4n3CCO5)cc2s1. The fraction of sp³-hybridized carbons (Fsp3) is 0.300. The highest BCUT2D eigenvalue weighted by Crippen LogP contribution is 2.41. The number of thiazole rings is 1. The van der Waals surface area contributed by atoms with Gasteiger partial charge in [0.1, 0.15) is 35.0 Å². The molecule has 2 unspecified atom stereocenters. The van der Waals surface area contributed by atoms with Crippen LogP contribution in [0.1, 0.15) is 12.8 Å². The van der Waals surface area contributed by atoms with Crippen LogP contribution in [0.2, 0.25) is 0 Å². The van der Waals surface area contributed by atoms with E-state index >= 15 is 0 Å². The van der Waals surface area contributed by atoms with E-state index in [0.717, 1.165) is 18.4 Å². The molecule has 2 aromatic heterocycles. The van der Waals surface area contributed by atoms with Gasteiger partial charge >= 0.3 is 0 Å². The lowest BCUT2D eigenvalue weighted by Gasteiger charge is -2.21. The van der Waals surface area contributed by atoms with Crippen LogP contribution in [0.5, 0.6) is 11.5 Å². The molecule has 2 aromatic carbocycles. The molecule has 0 amide bonds. The van der Waals surface area contributed by atoms with Crippen LogP contribution in [0, 0.1) is 11.7 Å². The third-order valence-corrected chi connectivity index (χ3v) is 7.33. The van der Waals surface area contributed by atoms with E-state index in [1.165, 1.54) is 17.4 Å². The third kappa shape index (κ3) is 3.19. The molecule has 0 radical (unpaired) electrons. The highest BCUT2D eigenvalue weighted by molar-refractivity contribution is 7.89. The zero-order chi connectivity index (χ0) is 21.3. The van der Waals surface area contributed by atoms with Crippen molar-refractivity contribution in [3.63, 3.8) is 0 Å². The second kappa shape index (κ2) is 6.95. The predicted molar refractivity (Wildman–Crippen MR) is 118 cm³/mol. The van der Waals surface area contributed by atoms with E-state index in [-0.39, 0.29) is 11.4 Å². The number of imidazole rings is 1. The number of hydrogen-bond donors (Lipinski definition) is 2. The summed E-state index contributed by atoms with van der Waals surface area (Å²) in [6, 6.07) is 6.85. The Kier molecular flexibility index (Phi) is 4.29. The lowest BCUT2D eigenvalue weighted by atomic mass is 10.2. The number of nitrogens with two attached hydrogens (primary N) is 2. The molecule has 1 aliphatic heterocycles. The Morgan fingerprint density at radius 1 is 1.29 bits per heavy atom. The molecular formula is C20H18FN5O3S2. The Labute approximate surface area is 183 Å². The van der Waals surface area contributed by atoms with Gasteiger partial charge < -0.3 is 24.3 Å². The Bertz CT molecular complexity index is 1330. The zero-order valence-corrected chi connectivity index (χ0v) is 17.8. The summed E-state index contributed by atoms with van der Waals surface area (Å²) in [4.78, 5) is 8.82. The van der Waals surface area contributed by atoms with Crippen LogP contribution in [0.3, 0.4) is 0 Å². The third-order valence-electron chi connectivity index (χ3n) is 5.56. The van der Waals surface area contributed by atoms with Gasteiger partial charge in [0.2, 0.25) is 0 Å². The van der Waals surface area contributed by atoms with E-state index in [0.29, 0.717) is 51.4 Å². The molecule has 6 rings (SSSR count). The molecule has 1 aliphatic carbocycles. The molecule has 1 saturated carbocycles. The molecule has 8 nitrogen and oxygen atoms in total. The predicted octanol–water partition coefficient (Wildman–Crippen LogP) is 3.16. The van der Waals surface area contributed by atoms with Crippen molar-refractivity contribution in [3.05, 3.63) is 30.1 Å². The second-order valence-electron chi connectivity index (χ2n) is 7.73. The van der Waals surface area contributed by atoms with Gasteiger partial charge in [-0.2, -0.15) is 0 Å². The Morgan fingerprint density at radius 2 is 2.13 bits per heavy atom. The summed E-state index contributed by atoms with van der Waals surface area (Å²) in [5, 5.41) is 5.95. The van der Waals surface area contributed by atoms with Gasteiger partial charge in [-0.25, -0.2) is 14.4 Å². The summed E-state index contributed by atoms with van der Waals surface area (Å²) in [5.41, 5.74) is 7.58. The van der Waals surface area contributed by atoms with Crippen molar-refractivity contribution in [2.45, 2.75) is 24.8 Å². The normalized spacial score (nSPS) is 17.6. The van der Waals surface area contributed by atoms with Gasteiger partial charge in [0.25, 0.3) is 5.44 Å². The van der Waals surface area contributed by atoms with Crippen LogP contribution >= 0.6 is 11.3 Å². The second-order valence-corrected chi connectivity index (χ2v) is 9.92. The molecule has 31 heavy (non-hydrogen) atoms. The first kappa shape index (κ1) is 19.1. The maximum absolute atomic E-state index is 14.7. The molecule has 3 heterocycles. The van der Waals surface area contributed by atoms with Gasteiger partial charge in [-0.3, -0.25) is 0 Å². The summed E-state index contributed by atoms with van der Waals surface area (Å²) in [7, 11) is 0. The van der Waals surface area contributed by atoms with Crippen LogP contribution in [0.4, 0.5) is 9.52 Å². The maximum Gasteiger partial charge on any atom is 0.275 e. The van der Waals surface area contributed by atoms with Crippen molar-refractivity contribution < 1.29 is 18.4 Å². The van der Waals surface area contributed by atoms with Crippen LogP contribution < -0.4 is 20.3 Å². The van der Waals surface area contributed by atoms with Gasteiger partial charge in [0.15, 0.2) is 10.9 Å². The van der Waals surface area contributed by atoms with Gasteiger partial charge in [-0.05, 0) is 25.0 Å². The molecule has 0 spiro atoms. The van der Waals surface area contributed by atoms with E-state index in [9.17, 15) is 8.94 Å². The van der Waals surface area contributed by atoms with E-state index < -0.39 is 22.6 Å². The van der Waals surface area contributed by atoms with E-state index in [1.54, 1.807) is 12.1 Å². The van der Waals surface area contributed by atoms with Crippen LogP contribution in [0.25, 0.3) is 32.6 Å². The van der Waals surface area contributed by atoms with Crippen molar-refractivity contribution in [1.82, 2.24) is 14.5 Å². The van der Waals surface area contributed by atoms with Gasteiger partial charge in [-0.15, -0.1) is 5.14 Å². The minimum Gasteiger partial charge on any atom is -0.595 e. The molecule has 4 aromatic rings. The fourth-order valence-electron chi connectivity index (χ4n) is 4.04. The number of benzene rings is 2. The van der Waals surface area contributed by atoms with Gasteiger partial charge in [0, 0.05) is 23.6 Å². The summed E-state index contributed by atoms with van der Waals surface area (Å²) >= 11 is -0.351. The highest BCUT2D eigenvalue weighted by Gasteiger charge is 2.41. The number of halogens is 1. The average Bonchev–Trinajstić information content (AvgIpc) is 3.39. The highest BCUT2D eigenvalue weighted by atomic mass is 32.2. The topological polar surface area (TPSA) is 124 Å². The van der Waals surface area contributed by atoms with Crippen molar-refractivity contribution in [3.8, 4) is 22.9 Å². The quantitative estimate of drug-likeness (QED) is 0.439. The molecule has 2 aliphatic rings. The summed E-state index contributed by atoms with van der Waals surface area (Å²) in [6.07, 6.45) is 1.90. The largest absolute Gasteiger partial charge is 0.595 e. The van der Waals surface area contributed by atoms with Crippen molar-refractivity contribution in [2.24, 2.45) is 11.1 Å². The molecule has 0 saturated heterocycles. The summed E-state index contributed by atoms with van der Waals surface area (Å²) in [5.74, 6) is 1.53. The Balaban J connectivity index is 1.47. The van der Waals surface area contributed by atoms with E-state index in [2.05, 4.69) is 4.98 Å². The van der Waals surface area contributed by atoms with Crippen molar-refractivity contribution in [1.29, 1.82) is 0 Å². The monoisotopic (exact) mass is 459 g/mol. The Hall–Kier alpha value is -2.60. The number of hydrogen-bond acceptors (Lipinski definition) is 8. The number of nitrogens with zero attached hydrogens (tertiary/aromatic N) is 3. The minimum absolute atomic E-state index is 0.202. The summed E-state index contributed by atoms with van der Waals surface area (Å²) in [6.45, 7) is 1.03.